The van der Waals surface area contributed by atoms with Crippen molar-refractivity contribution in [2.45, 2.75) is 64.6 Å². The smallest absolute Gasteiger partial charge is 0.244 e. The second kappa shape index (κ2) is 12.7. The molecule has 1 aliphatic carbocycles. The fourth-order valence-electron chi connectivity index (χ4n) is 4.47. The maximum absolute atomic E-state index is 13.8. The van der Waals surface area contributed by atoms with E-state index in [9.17, 15) is 18.0 Å². The number of amides is 2. The topological polar surface area (TPSA) is 86.8 Å². The van der Waals surface area contributed by atoms with E-state index in [1.54, 1.807) is 37.3 Å². The van der Waals surface area contributed by atoms with E-state index in [0.717, 1.165) is 41.8 Å². The minimum absolute atomic E-state index is 0.0541. The van der Waals surface area contributed by atoms with Gasteiger partial charge in [-0.1, -0.05) is 66.7 Å². The number of rotatable bonds is 10. The lowest BCUT2D eigenvalue weighted by atomic mass is 10.1. The molecule has 2 aromatic carbocycles. The van der Waals surface area contributed by atoms with Crippen molar-refractivity contribution in [2.24, 2.45) is 0 Å². The Morgan fingerprint density at radius 2 is 1.70 bits per heavy atom. The molecule has 1 saturated carbocycles. The van der Waals surface area contributed by atoms with E-state index in [-0.39, 0.29) is 24.2 Å². The molecule has 0 radical (unpaired) electrons. The van der Waals surface area contributed by atoms with Crippen LogP contribution >= 0.6 is 34.8 Å². The Morgan fingerprint density at radius 1 is 1.03 bits per heavy atom. The lowest BCUT2D eigenvalue weighted by Gasteiger charge is -2.33. The molecule has 11 heteroatoms. The molecular formula is C26H32Cl3N3O4S. The number of carbonyl (C=O) groups excluding carboxylic acids is 2. The predicted molar refractivity (Wildman–Crippen MR) is 150 cm³/mol. The largest absolute Gasteiger partial charge is 0.352 e. The zero-order valence-electron chi connectivity index (χ0n) is 21.1. The van der Waals surface area contributed by atoms with Crippen LogP contribution in [0.2, 0.25) is 15.1 Å². The number of sulfonamides is 1. The third kappa shape index (κ3) is 7.76. The molecule has 0 aromatic heterocycles. The van der Waals surface area contributed by atoms with Gasteiger partial charge in [-0.25, -0.2) is 8.42 Å². The first-order chi connectivity index (χ1) is 17.4. The van der Waals surface area contributed by atoms with Crippen LogP contribution in [0.5, 0.6) is 0 Å². The van der Waals surface area contributed by atoms with Crippen molar-refractivity contribution in [3.8, 4) is 0 Å². The molecule has 1 atom stereocenters. The highest BCUT2D eigenvalue weighted by Crippen LogP contribution is 2.27. The molecule has 0 saturated heterocycles. The molecule has 2 aromatic rings. The molecular weight excluding hydrogens is 557 g/mol. The molecule has 202 valence electrons. The van der Waals surface area contributed by atoms with Gasteiger partial charge in [-0.3, -0.25) is 13.9 Å². The molecule has 0 aliphatic heterocycles. The number of halogens is 3. The number of hydrogen-bond donors (Lipinski definition) is 1. The molecule has 1 aliphatic rings. The molecule has 0 unspecified atom stereocenters. The molecule has 1 N–H and O–H groups in total. The summed E-state index contributed by atoms with van der Waals surface area (Å²) in [6.07, 6.45) is 5.28. The molecule has 7 nitrogen and oxygen atoms in total. The van der Waals surface area contributed by atoms with E-state index >= 15 is 0 Å². The van der Waals surface area contributed by atoms with Crippen LogP contribution in [0.3, 0.4) is 0 Å². The number of anilines is 1. The zero-order chi connectivity index (χ0) is 27.3. The highest BCUT2D eigenvalue weighted by atomic mass is 35.5. The summed E-state index contributed by atoms with van der Waals surface area (Å²) in [4.78, 5) is 28.5. The summed E-state index contributed by atoms with van der Waals surface area (Å²) in [5, 5.41) is 4.14. The quantitative estimate of drug-likeness (QED) is 0.392. The van der Waals surface area contributed by atoms with E-state index in [0.29, 0.717) is 27.1 Å². The minimum atomic E-state index is -3.84. The number of benzene rings is 2. The third-order valence-electron chi connectivity index (χ3n) is 6.55. The Kier molecular flexibility index (Phi) is 10.1. The van der Waals surface area contributed by atoms with E-state index in [1.807, 2.05) is 6.92 Å². The van der Waals surface area contributed by atoms with Gasteiger partial charge >= 0.3 is 0 Å². The van der Waals surface area contributed by atoms with Crippen LogP contribution in [-0.2, 0) is 26.2 Å². The molecule has 2 amide bonds. The van der Waals surface area contributed by atoms with Crippen LogP contribution < -0.4 is 9.62 Å². The highest BCUT2D eigenvalue weighted by molar-refractivity contribution is 7.92. The third-order valence-corrected chi connectivity index (χ3v) is 8.83. The van der Waals surface area contributed by atoms with Crippen molar-refractivity contribution < 1.29 is 18.0 Å². The first-order valence-electron chi connectivity index (χ1n) is 12.2. The van der Waals surface area contributed by atoms with Gasteiger partial charge in [-0.05, 0) is 61.6 Å². The SMILES string of the molecule is CC[C@@H](C(=O)NC1CCCC1)N(Cc1ccc(Cl)c(Cl)c1)C(=O)CN(c1ccc(C)c(Cl)c1)S(C)(=O)=O. The number of nitrogens with zero attached hydrogens (tertiary/aromatic N) is 2. The summed E-state index contributed by atoms with van der Waals surface area (Å²) in [6, 6.07) is 9.07. The molecule has 1 fully saturated rings. The predicted octanol–water partition coefficient (Wildman–Crippen LogP) is 5.59. The van der Waals surface area contributed by atoms with E-state index in [2.05, 4.69) is 5.32 Å². The van der Waals surface area contributed by atoms with Crippen molar-refractivity contribution in [2.75, 3.05) is 17.1 Å². The summed E-state index contributed by atoms with van der Waals surface area (Å²) in [6.45, 7) is 3.18. The van der Waals surface area contributed by atoms with Gasteiger partial charge in [0.05, 0.1) is 22.0 Å². The molecule has 3 rings (SSSR count). The van der Waals surface area contributed by atoms with Gasteiger partial charge in [0, 0.05) is 17.6 Å². The van der Waals surface area contributed by atoms with Crippen LogP contribution in [0.15, 0.2) is 36.4 Å². The maximum Gasteiger partial charge on any atom is 0.244 e. The summed E-state index contributed by atoms with van der Waals surface area (Å²) in [7, 11) is -3.84. The number of aryl methyl sites for hydroxylation is 1. The monoisotopic (exact) mass is 587 g/mol. The van der Waals surface area contributed by atoms with Crippen molar-refractivity contribution in [1.29, 1.82) is 0 Å². The Bertz CT molecular complexity index is 1250. The summed E-state index contributed by atoms with van der Waals surface area (Å²) in [5.41, 5.74) is 1.71. The fourth-order valence-corrected chi connectivity index (χ4v) is 5.81. The second-order valence-corrected chi connectivity index (χ2v) is 12.5. The second-order valence-electron chi connectivity index (χ2n) is 9.39. The summed E-state index contributed by atoms with van der Waals surface area (Å²) in [5.74, 6) is -0.784. The summed E-state index contributed by atoms with van der Waals surface area (Å²) < 4.78 is 26.5. The molecule has 0 bridgehead atoms. The van der Waals surface area contributed by atoms with Gasteiger partial charge in [0.15, 0.2) is 0 Å². The van der Waals surface area contributed by atoms with Gasteiger partial charge in [-0.15, -0.1) is 0 Å². The molecule has 0 spiro atoms. The van der Waals surface area contributed by atoms with Crippen molar-refractivity contribution in [3.05, 3.63) is 62.6 Å². The average Bonchev–Trinajstić information content (AvgIpc) is 3.33. The van der Waals surface area contributed by atoms with Crippen LogP contribution in [0.1, 0.15) is 50.2 Å². The van der Waals surface area contributed by atoms with Gasteiger partial charge in [0.2, 0.25) is 21.8 Å². The van der Waals surface area contributed by atoms with Gasteiger partial charge in [-0.2, -0.15) is 0 Å². The first-order valence-corrected chi connectivity index (χ1v) is 15.2. The lowest BCUT2D eigenvalue weighted by molar-refractivity contribution is -0.140. The standard InChI is InChI=1S/C26H32Cl3N3O4S/c1-4-24(26(34)30-19-7-5-6-8-19)31(15-18-10-12-21(27)23(29)13-18)25(33)16-32(37(3,35)36)20-11-9-17(2)22(28)14-20/h9-14,19,24H,4-8,15-16H2,1-3H3,(H,30,34)/t24-/m0/s1. The Labute approximate surface area is 234 Å². The van der Waals surface area contributed by atoms with Crippen molar-refractivity contribution >= 4 is 62.3 Å². The normalized spacial score (nSPS) is 14.9. The molecule has 0 heterocycles. The van der Waals surface area contributed by atoms with Gasteiger partial charge in [0.1, 0.15) is 12.6 Å². The molecule has 37 heavy (non-hydrogen) atoms. The van der Waals surface area contributed by atoms with Crippen LogP contribution in [0.4, 0.5) is 5.69 Å². The van der Waals surface area contributed by atoms with E-state index in [4.69, 9.17) is 34.8 Å². The van der Waals surface area contributed by atoms with E-state index < -0.39 is 28.5 Å². The first kappa shape index (κ1) is 29.6. The van der Waals surface area contributed by atoms with E-state index in [1.165, 1.54) is 11.0 Å². The Hall–Kier alpha value is -2.00. The number of nitrogens with one attached hydrogen (secondary N) is 1. The summed E-state index contributed by atoms with van der Waals surface area (Å²) >= 11 is 18.5. The fraction of sp³-hybridized carbons (Fsp3) is 0.462. The van der Waals surface area contributed by atoms with Crippen LogP contribution in [-0.4, -0.2) is 50.0 Å². The van der Waals surface area contributed by atoms with Crippen molar-refractivity contribution in [3.63, 3.8) is 0 Å². The van der Waals surface area contributed by atoms with Crippen LogP contribution in [0, 0.1) is 6.92 Å². The number of hydrogen-bond acceptors (Lipinski definition) is 4. The van der Waals surface area contributed by atoms with Crippen molar-refractivity contribution in [1.82, 2.24) is 10.2 Å². The van der Waals surface area contributed by atoms with Gasteiger partial charge in [0.25, 0.3) is 0 Å². The lowest BCUT2D eigenvalue weighted by Crippen LogP contribution is -2.53. The zero-order valence-corrected chi connectivity index (χ0v) is 24.2. The average molecular weight is 589 g/mol. The highest BCUT2D eigenvalue weighted by Gasteiger charge is 2.33. The minimum Gasteiger partial charge on any atom is -0.352 e. The Morgan fingerprint density at radius 3 is 2.27 bits per heavy atom. The van der Waals surface area contributed by atoms with Crippen LogP contribution in [0.25, 0.3) is 0 Å². The maximum atomic E-state index is 13.8. The van der Waals surface area contributed by atoms with Gasteiger partial charge < -0.3 is 10.2 Å². The Balaban J connectivity index is 1.95. The number of carbonyl (C=O) groups is 2.